The number of nitriles is 1. The molecule has 3 nitrogen and oxygen atoms in total. The lowest BCUT2D eigenvalue weighted by Crippen LogP contribution is -2.08. The number of nitrogens with zero attached hydrogens (tertiary/aromatic N) is 2. The summed E-state index contributed by atoms with van der Waals surface area (Å²) in [5.74, 6) is 0.843. The Morgan fingerprint density at radius 1 is 1.19 bits per heavy atom. The largest absolute Gasteiger partial charge is 0.491 e. The summed E-state index contributed by atoms with van der Waals surface area (Å²) < 4.78 is 5.88. The van der Waals surface area contributed by atoms with Crippen LogP contribution in [0.2, 0.25) is 0 Å². The molecule has 0 atom stereocenters. The molecular formula is C18H22N2O. The Bertz CT molecular complexity index is 656. The molecule has 1 aromatic heterocycles. The lowest BCUT2D eigenvalue weighted by molar-refractivity contribution is 0.297. The number of pyridine rings is 1. The van der Waals surface area contributed by atoms with Crippen molar-refractivity contribution in [3.05, 3.63) is 36.0 Å². The van der Waals surface area contributed by atoms with Gasteiger partial charge in [0.15, 0.2) is 0 Å². The van der Waals surface area contributed by atoms with Gasteiger partial charge >= 0.3 is 0 Å². The van der Waals surface area contributed by atoms with E-state index in [4.69, 9.17) is 10.00 Å². The van der Waals surface area contributed by atoms with E-state index in [9.17, 15) is 0 Å². The van der Waals surface area contributed by atoms with Crippen LogP contribution in [0.25, 0.3) is 10.9 Å². The van der Waals surface area contributed by atoms with Gasteiger partial charge in [-0.05, 0) is 52.2 Å². The molecule has 0 aliphatic carbocycles. The van der Waals surface area contributed by atoms with Crippen LogP contribution in [0.3, 0.4) is 0 Å². The molecule has 0 N–H and O–H groups in total. The third-order valence-electron chi connectivity index (χ3n) is 3.58. The van der Waals surface area contributed by atoms with Crippen molar-refractivity contribution < 1.29 is 4.74 Å². The SMILES string of the molecule is Cc1ccc2cccc(OCCCCC(C)(C)C#N)c2n1. The van der Waals surface area contributed by atoms with Gasteiger partial charge in [-0.1, -0.05) is 18.2 Å². The average Bonchev–Trinajstić information content (AvgIpc) is 2.47. The standard InChI is InChI=1S/C18H22N2O/c1-14-9-10-15-7-6-8-16(17(15)20-14)21-12-5-4-11-18(2,3)13-19/h6-10H,4-5,11-12H2,1-3H3. The average molecular weight is 282 g/mol. The lowest BCUT2D eigenvalue weighted by atomic mass is 9.89. The van der Waals surface area contributed by atoms with Crippen molar-refractivity contribution in [2.45, 2.75) is 40.0 Å². The van der Waals surface area contributed by atoms with Crippen molar-refractivity contribution in [1.82, 2.24) is 4.98 Å². The van der Waals surface area contributed by atoms with Crippen LogP contribution in [0.5, 0.6) is 5.75 Å². The van der Waals surface area contributed by atoms with Crippen LogP contribution in [-0.2, 0) is 0 Å². The van der Waals surface area contributed by atoms with Crippen molar-refractivity contribution in [2.75, 3.05) is 6.61 Å². The van der Waals surface area contributed by atoms with Gasteiger partial charge < -0.3 is 4.74 Å². The van der Waals surface area contributed by atoms with Gasteiger partial charge in [0.2, 0.25) is 0 Å². The van der Waals surface area contributed by atoms with E-state index >= 15 is 0 Å². The fourth-order valence-electron chi connectivity index (χ4n) is 2.24. The molecule has 0 saturated heterocycles. The molecule has 2 aromatic rings. The highest BCUT2D eigenvalue weighted by Crippen LogP contribution is 2.25. The topological polar surface area (TPSA) is 45.9 Å². The van der Waals surface area contributed by atoms with Crippen molar-refractivity contribution in [2.24, 2.45) is 5.41 Å². The maximum absolute atomic E-state index is 8.98. The molecule has 110 valence electrons. The van der Waals surface area contributed by atoms with E-state index in [0.29, 0.717) is 6.61 Å². The van der Waals surface area contributed by atoms with Gasteiger partial charge in [-0.3, -0.25) is 0 Å². The minimum Gasteiger partial charge on any atom is -0.491 e. The van der Waals surface area contributed by atoms with Crippen LogP contribution >= 0.6 is 0 Å². The van der Waals surface area contributed by atoms with E-state index < -0.39 is 0 Å². The molecule has 2 rings (SSSR count). The first-order valence-electron chi connectivity index (χ1n) is 7.42. The summed E-state index contributed by atoms with van der Waals surface area (Å²) in [4.78, 5) is 4.56. The van der Waals surface area contributed by atoms with Crippen LogP contribution < -0.4 is 4.74 Å². The molecule has 0 unspecified atom stereocenters. The van der Waals surface area contributed by atoms with Gasteiger partial charge in [0.25, 0.3) is 0 Å². The molecule has 21 heavy (non-hydrogen) atoms. The molecule has 0 aliphatic rings. The highest BCUT2D eigenvalue weighted by molar-refractivity contribution is 5.84. The van der Waals surface area contributed by atoms with Crippen LogP contribution in [0.1, 0.15) is 38.8 Å². The van der Waals surface area contributed by atoms with E-state index in [0.717, 1.165) is 41.6 Å². The first-order chi connectivity index (χ1) is 10.0. The van der Waals surface area contributed by atoms with Gasteiger partial charge in [0, 0.05) is 11.1 Å². The van der Waals surface area contributed by atoms with Gasteiger partial charge in [0.05, 0.1) is 18.1 Å². The summed E-state index contributed by atoms with van der Waals surface area (Å²) in [6.45, 7) is 6.60. The number of fused-ring (bicyclic) bond motifs is 1. The minimum atomic E-state index is -0.238. The summed E-state index contributed by atoms with van der Waals surface area (Å²) >= 11 is 0. The molecule has 0 saturated carbocycles. The van der Waals surface area contributed by atoms with Gasteiger partial charge in [-0.2, -0.15) is 5.26 Å². The quantitative estimate of drug-likeness (QED) is 0.725. The van der Waals surface area contributed by atoms with Crippen LogP contribution in [-0.4, -0.2) is 11.6 Å². The highest BCUT2D eigenvalue weighted by Gasteiger charge is 2.15. The molecule has 3 heteroatoms. The third-order valence-corrected chi connectivity index (χ3v) is 3.58. The Morgan fingerprint density at radius 2 is 2.00 bits per heavy atom. The molecule has 0 amide bonds. The maximum Gasteiger partial charge on any atom is 0.145 e. The number of aromatic nitrogens is 1. The van der Waals surface area contributed by atoms with Crippen LogP contribution in [0.15, 0.2) is 30.3 Å². The monoisotopic (exact) mass is 282 g/mol. The molecule has 1 aromatic carbocycles. The fraction of sp³-hybridized carbons (Fsp3) is 0.444. The molecule has 1 heterocycles. The summed E-state index contributed by atoms with van der Waals surface area (Å²) in [5.41, 5.74) is 1.68. The van der Waals surface area contributed by atoms with Crippen molar-refractivity contribution in [3.63, 3.8) is 0 Å². The second-order valence-electron chi connectivity index (χ2n) is 6.08. The smallest absolute Gasteiger partial charge is 0.145 e. The number of ether oxygens (including phenoxy) is 1. The predicted molar refractivity (Wildman–Crippen MR) is 85.2 cm³/mol. The Morgan fingerprint density at radius 3 is 2.76 bits per heavy atom. The second kappa shape index (κ2) is 6.58. The second-order valence-corrected chi connectivity index (χ2v) is 6.08. The molecule has 0 radical (unpaired) electrons. The normalized spacial score (nSPS) is 11.3. The number of unbranched alkanes of at least 4 members (excludes halogenated alkanes) is 1. The number of benzene rings is 1. The zero-order valence-electron chi connectivity index (χ0n) is 13.0. The molecule has 0 spiro atoms. The number of hydrogen-bond donors (Lipinski definition) is 0. The molecular weight excluding hydrogens is 260 g/mol. The van der Waals surface area contributed by atoms with Gasteiger partial charge in [0.1, 0.15) is 11.3 Å². The van der Waals surface area contributed by atoms with Crippen molar-refractivity contribution in [3.8, 4) is 11.8 Å². The van der Waals surface area contributed by atoms with Crippen molar-refractivity contribution in [1.29, 1.82) is 5.26 Å². The summed E-state index contributed by atoms with van der Waals surface area (Å²) in [5, 5.41) is 10.1. The molecule has 0 fully saturated rings. The Balaban J connectivity index is 1.92. The summed E-state index contributed by atoms with van der Waals surface area (Å²) in [6.07, 6.45) is 2.85. The summed E-state index contributed by atoms with van der Waals surface area (Å²) in [7, 11) is 0. The molecule has 0 bridgehead atoms. The number of rotatable bonds is 6. The first-order valence-corrected chi connectivity index (χ1v) is 7.42. The Labute approximate surface area is 126 Å². The number of para-hydroxylation sites is 1. The summed E-state index contributed by atoms with van der Waals surface area (Å²) in [6, 6.07) is 12.4. The minimum absolute atomic E-state index is 0.238. The zero-order chi connectivity index (χ0) is 15.3. The van der Waals surface area contributed by atoms with Crippen LogP contribution in [0.4, 0.5) is 0 Å². The maximum atomic E-state index is 8.98. The van der Waals surface area contributed by atoms with Crippen LogP contribution in [0, 0.1) is 23.7 Å². The van der Waals surface area contributed by atoms with E-state index in [2.05, 4.69) is 17.1 Å². The van der Waals surface area contributed by atoms with E-state index in [-0.39, 0.29) is 5.41 Å². The van der Waals surface area contributed by atoms with Crippen molar-refractivity contribution >= 4 is 10.9 Å². The first kappa shape index (κ1) is 15.3. The fourth-order valence-corrected chi connectivity index (χ4v) is 2.24. The molecule has 0 aliphatic heterocycles. The van der Waals surface area contributed by atoms with E-state index in [1.54, 1.807) is 0 Å². The number of hydrogen-bond acceptors (Lipinski definition) is 3. The van der Waals surface area contributed by atoms with Gasteiger partial charge in [-0.15, -0.1) is 0 Å². The lowest BCUT2D eigenvalue weighted by Gasteiger charge is -2.14. The van der Waals surface area contributed by atoms with Gasteiger partial charge in [-0.25, -0.2) is 4.98 Å². The Hall–Kier alpha value is -2.08. The van der Waals surface area contributed by atoms with E-state index in [1.165, 1.54) is 0 Å². The predicted octanol–water partition coefficient (Wildman–Crippen LogP) is 4.64. The third kappa shape index (κ3) is 4.19. The zero-order valence-corrected chi connectivity index (χ0v) is 13.0. The van der Waals surface area contributed by atoms with E-state index in [1.807, 2.05) is 45.0 Å². The number of aryl methyl sites for hydroxylation is 1. The highest BCUT2D eigenvalue weighted by atomic mass is 16.5. The Kier molecular flexibility index (Phi) is 4.80.